The number of amides is 3. The van der Waals surface area contributed by atoms with Crippen LogP contribution in [0.15, 0.2) is 79.9 Å². The number of likely N-dealkylation sites (N-methyl/N-ethyl adjacent to an activating group) is 1. The molecular weight excluding hydrogens is 572 g/mol. The molecule has 2 bridgehead atoms. The Morgan fingerprint density at radius 2 is 1.80 bits per heavy atom. The van der Waals surface area contributed by atoms with Gasteiger partial charge in [-0.15, -0.1) is 18.3 Å². The Labute approximate surface area is 262 Å². The SMILES string of the molecule is C=CCN(C)C(=O)[C@H]1[C@H]2C(=O)N([C@H](CO)c3ccccc3)C(C(=O)N(CC=C)Cn3nnc4ccccc43)C23CC(C)[C@]1(C)O3. The third-order valence-electron chi connectivity index (χ3n) is 10.1. The summed E-state index contributed by atoms with van der Waals surface area (Å²) in [5, 5.41) is 19.3. The monoisotopic (exact) mass is 612 g/mol. The van der Waals surface area contributed by atoms with Gasteiger partial charge in [-0.1, -0.05) is 66.8 Å². The molecule has 4 heterocycles. The number of ether oxygens (including phenoxy) is 1. The second-order valence-corrected chi connectivity index (χ2v) is 12.6. The number of benzene rings is 2. The second kappa shape index (κ2) is 11.5. The van der Waals surface area contributed by atoms with E-state index in [1.54, 1.807) is 33.7 Å². The Bertz CT molecular complexity index is 1640. The summed E-state index contributed by atoms with van der Waals surface area (Å²) in [6.45, 7) is 11.7. The van der Waals surface area contributed by atoms with E-state index in [-0.39, 0.29) is 36.9 Å². The zero-order chi connectivity index (χ0) is 32.1. The third-order valence-corrected chi connectivity index (χ3v) is 10.1. The van der Waals surface area contributed by atoms with E-state index < -0.39 is 41.7 Å². The molecule has 3 aliphatic heterocycles. The fraction of sp³-hybridized carbons (Fsp3) is 0.441. The summed E-state index contributed by atoms with van der Waals surface area (Å²) in [5.41, 5.74) is -0.134. The molecule has 0 saturated carbocycles. The van der Waals surface area contributed by atoms with Gasteiger partial charge in [-0.3, -0.25) is 14.4 Å². The maximum atomic E-state index is 15.0. The van der Waals surface area contributed by atoms with Gasteiger partial charge in [0.05, 0.1) is 35.6 Å². The summed E-state index contributed by atoms with van der Waals surface area (Å²) in [7, 11) is 1.69. The standard InChI is InChI=1S/C34H40N6O5/c1-6-17-37(5)30(42)27-28-31(43)40(26(20-41)23-13-9-8-10-14-23)29(34(28)19-22(3)33(27,4)45-34)32(44)38(18-7-2)21-39-25-16-12-11-15-24(25)35-36-39/h6-16,22,26-29,41H,1-2,17-21H2,3-5H3/t22?,26-,27-,28+,29?,33+,34?/m1/s1. The van der Waals surface area contributed by atoms with Crippen molar-refractivity contribution in [3.8, 4) is 0 Å². The molecule has 3 aromatic rings. The zero-order valence-electron chi connectivity index (χ0n) is 26.0. The summed E-state index contributed by atoms with van der Waals surface area (Å²) < 4.78 is 8.56. The number of aromatic nitrogens is 3. The molecule has 1 N–H and O–H groups in total. The fourth-order valence-corrected chi connectivity index (χ4v) is 7.95. The lowest BCUT2D eigenvalue weighted by Gasteiger charge is -2.39. The molecule has 3 aliphatic rings. The smallest absolute Gasteiger partial charge is 0.250 e. The first-order valence-corrected chi connectivity index (χ1v) is 15.3. The number of carbonyl (C=O) groups excluding carboxylic acids is 3. The molecule has 3 amide bonds. The van der Waals surface area contributed by atoms with Gasteiger partial charge in [0.15, 0.2) is 0 Å². The van der Waals surface area contributed by atoms with Gasteiger partial charge in [0.1, 0.15) is 23.8 Å². The van der Waals surface area contributed by atoms with Crippen LogP contribution in [0.2, 0.25) is 0 Å². The molecule has 0 radical (unpaired) electrons. The van der Waals surface area contributed by atoms with Crippen molar-refractivity contribution in [3.63, 3.8) is 0 Å². The van der Waals surface area contributed by atoms with E-state index in [1.807, 2.05) is 68.4 Å². The van der Waals surface area contributed by atoms with Crippen LogP contribution in [0.4, 0.5) is 0 Å². The van der Waals surface area contributed by atoms with Crippen molar-refractivity contribution in [3.05, 3.63) is 85.5 Å². The van der Waals surface area contributed by atoms with Crippen LogP contribution in [0.5, 0.6) is 0 Å². The maximum Gasteiger partial charge on any atom is 0.250 e. The number of aliphatic hydroxyl groups excluding tert-OH is 1. The van der Waals surface area contributed by atoms with E-state index in [0.29, 0.717) is 24.0 Å². The molecule has 45 heavy (non-hydrogen) atoms. The number of hydrogen-bond donors (Lipinski definition) is 1. The van der Waals surface area contributed by atoms with Crippen molar-refractivity contribution in [2.45, 2.75) is 50.2 Å². The predicted molar refractivity (Wildman–Crippen MR) is 167 cm³/mol. The zero-order valence-corrected chi connectivity index (χ0v) is 26.0. The van der Waals surface area contributed by atoms with Crippen LogP contribution < -0.4 is 0 Å². The molecule has 11 nitrogen and oxygen atoms in total. The summed E-state index contributed by atoms with van der Waals surface area (Å²) in [6, 6.07) is 14.7. The summed E-state index contributed by atoms with van der Waals surface area (Å²) in [6.07, 6.45) is 3.67. The van der Waals surface area contributed by atoms with E-state index in [0.717, 1.165) is 5.52 Å². The minimum Gasteiger partial charge on any atom is -0.394 e. The first-order chi connectivity index (χ1) is 21.6. The van der Waals surface area contributed by atoms with E-state index in [1.165, 1.54) is 4.90 Å². The summed E-state index contributed by atoms with van der Waals surface area (Å²) in [5.74, 6) is -2.83. The Hall–Kier alpha value is -4.35. The number of nitrogens with zero attached hydrogens (tertiary/aromatic N) is 6. The normalized spacial score (nSPS) is 29.1. The highest BCUT2D eigenvalue weighted by Gasteiger charge is 2.80. The van der Waals surface area contributed by atoms with E-state index in [4.69, 9.17) is 4.74 Å². The predicted octanol–water partition coefficient (Wildman–Crippen LogP) is 2.79. The topological polar surface area (TPSA) is 121 Å². The molecule has 1 spiro atoms. The molecule has 1 aromatic heterocycles. The number of hydrogen-bond acceptors (Lipinski definition) is 7. The van der Waals surface area contributed by atoms with Crippen molar-refractivity contribution in [2.24, 2.45) is 17.8 Å². The van der Waals surface area contributed by atoms with Crippen LogP contribution in [0.25, 0.3) is 11.0 Å². The highest BCUT2D eigenvalue weighted by atomic mass is 16.5. The fourth-order valence-electron chi connectivity index (χ4n) is 7.95. The number of fused-ring (bicyclic) bond motifs is 2. The van der Waals surface area contributed by atoms with Crippen LogP contribution in [0.3, 0.4) is 0 Å². The first-order valence-electron chi connectivity index (χ1n) is 15.3. The molecule has 7 atom stereocenters. The van der Waals surface area contributed by atoms with Gasteiger partial charge in [0.25, 0.3) is 0 Å². The van der Waals surface area contributed by atoms with Gasteiger partial charge in [-0.25, -0.2) is 4.68 Å². The molecular formula is C34H40N6O5. The lowest BCUT2D eigenvalue weighted by molar-refractivity contribution is -0.158. The van der Waals surface area contributed by atoms with Gasteiger partial charge in [0, 0.05) is 20.1 Å². The Morgan fingerprint density at radius 1 is 1.11 bits per heavy atom. The summed E-state index contributed by atoms with van der Waals surface area (Å²) >= 11 is 0. The van der Waals surface area contributed by atoms with Crippen molar-refractivity contribution in [2.75, 3.05) is 26.7 Å². The summed E-state index contributed by atoms with van der Waals surface area (Å²) in [4.78, 5) is 48.5. The highest BCUT2D eigenvalue weighted by molar-refractivity contribution is 5.99. The van der Waals surface area contributed by atoms with Crippen LogP contribution in [0.1, 0.15) is 31.9 Å². The van der Waals surface area contributed by atoms with Crippen molar-refractivity contribution < 1.29 is 24.2 Å². The van der Waals surface area contributed by atoms with Gasteiger partial charge in [0.2, 0.25) is 17.7 Å². The van der Waals surface area contributed by atoms with Crippen LogP contribution in [-0.4, -0.2) is 96.5 Å². The molecule has 236 valence electrons. The average molecular weight is 613 g/mol. The molecule has 0 aliphatic carbocycles. The quantitative estimate of drug-likeness (QED) is 0.331. The number of rotatable bonds is 11. The van der Waals surface area contributed by atoms with Crippen LogP contribution >= 0.6 is 0 Å². The van der Waals surface area contributed by atoms with Gasteiger partial charge >= 0.3 is 0 Å². The molecule has 3 saturated heterocycles. The van der Waals surface area contributed by atoms with Crippen LogP contribution in [0, 0.1) is 17.8 Å². The van der Waals surface area contributed by atoms with Gasteiger partial charge in [-0.05, 0) is 37.0 Å². The largest absolute Gasteiger partial charge is 0.394 e. The average Bonchev–Trinajstić information content (AvgIpc) is 3.71. The van der Waals surface area contributed by atoms with E-state index in [2.05, 4.69) is 23.5 Å². The lowest BCUT2D eigenvalue weighted by Crippen LogP contribution is -2.57. The molecule has 3 fully saturated rings. The third kappa shape index (κ3) is 4.59. The highest BCUT2D eigenvalue weighted by Crippen LogP contribution is 2.66. The number of carbonyl (C=O) groups is 3. The molecule has 3 unspecified atom stereocenters. The van der Waals surface area contributed by atoms with Crippen molar-refractivity contribution in [1.29, 1.82) is 0 Å². The Balaban J connectivity index is 1.48. The minimum atomic E-state index is -1.29. The van der Waals surface area contributed by atoms with Gasteiger partial charge in [-0.2, -0.15) is 0 Å². The molecule has 2 aromatic carbocycles. The number of aliphatic hydroxyl groups is 1. The van der Waals surface area contributed by atoms with E-state index in [9.17, 15) is 14.7 Å². The minimum absolute atomic E-state index is 0.0526. The van der Waals surface area contributed by atoms with Gasteiger partial charge < -0.3 is 24.5 Å². The van der Waals surface area contributed by atoms with E-state index >= 15 is 4.79 Å². The van der Waals surface area contributed by atoms with Crippen molar-refractivity contribution in [1.82, 2.24) is 29.7 Å². The molecule has 6 rings (SSSR count). The number of para-hydroxylation sites is 1. The maximum absolute atomic E-state index is 15.0. The Kier molecular flexibility index (Phi) is 7.86. The molecule has 11 heteroatoms. The van der Waals surface area contributed by atoms with Crippen LogP contribution in [-0.2, 0) is 25.8 Å². The lowest BCUT2D eigenvalue weighted by atomic mass is 9.62. The first kappa shape index (κ1) is 30.7. The van der Waals surface area contributed by atoms with Crippen molar-refractivity contribution >= 4 is 28.8 Å². The second-order valence-electron chi connectivity index (χ2n) is 12.6. The Morgan fingerprint density at radius 3 is 2.49 bits per heavy atom. The number of likely N-dealkylation sites (tertiary alicyclic amines) is 1.